The van der Waals surface area contributed by atoms with Crippen molar-refractivity contribution in [1.29, 1.82) is 0 Å². The number of aliphatic carboxylic acids is 1. The Bertz CT molecular complexity index is 2050. The SMILES string of the molecule is CC(C)(C)OC(=O)NCCCCC(NC(=O)C(CCC(=O)NC(c1ccccc1)(c1ccccc1)c1ccccc1)OCC1c2ccccc2-c2ccccc21)C(=O)O. The van der Waals surface area contributed by atoms with Crippen molar-refractivity contribution in [3.63, 3.8) is 0 Å². The van der Waals surface area contributed by atoms with Crippen LogP contribution in [-0.2, 0) is 29.4 Å². The van der Waals surface area contributed by atoms with Crippen molar-refractivity contribution in [3.05, 3.63) is 167 Å². The Kier molecular flexibility index (Phi) is 14.0. The van der Waals surface area contributed by atoms with Gasteiger partial charge in [-0.05, 0) is 85.4 Å². The van der Waals surface area contributed by atoms with Crippen LogP contribution in [0, 0.1) is 0 Å². The number of amides is 3. The fraction of sp³-hybridized carbons (Fsp3) is 0.306. The van der Waals surface area contributed by atoms with Gasteiger partial charge >= 0.3 is 12.1 Å². The first-order chi connectivity index (χ1) is 28.5. The van der Waals surface area contributed by atoms with Gasteiger partial charge in [0.15, 0.2) is 0 Å². The summed E-state index contributed by atoms with van der Waals surface area (Å²) in [5.41, 5.74) is 5.25. The molecule has 0 saturated carbocycles. The summed E-state index contributed by atoms with van der Waals surface area (Å²) in [5, 5.41) is 18.9. The smallest absolute Gasteiger partial charge is 0.407 e. The lowest BCUT2D eigenvalue weighted by Gasteiger charge is -2.37. The molecule has 6 rings (SSSR count). The van der Waals surface area contributed by atoms with Gasteiger partial charge < -0.3 is 30.5 Å². The van der Waals surface area contributed by atoms with Gasteiger partial charge in [-0.1, -0.05) is 140 Å². The zero-order valence-electron chi connectivity index (χ0n) is 33.9. The first kappa shape index (κ1) is 42.3. The lowest BCUT2D eigenvalue weighted by atomic mass is 9.77. The van der Waals surface area contributed by atoms with Gasteiger partial charge in [0.05, 0.1) is 6.61 Å². The Morgan fingerprint density at radius 1 is 0.661 bits per heavy atom. The number of carboxylic acids is 1. The summed E-state index contributed by atoms with van der Waals surface area (Å²) in [6, 6.07) is 44.3. The number of ether oxygens (including phenoxy) is 2. The standard InChI is InChI=1S/C49H53N3O7/c1-48(2,3)59-47(57)50-32-18-17-29-42(46(55)56)51-45(54)43(58-33-41-39-27-15-13-25-37(39)38-26-14-16-28-40(38)41)30-31-44(53)52-49(34-19-7-4-8-20-34,35-21-9-5-10-22-35)36-23-11-6-12-24-36/h4-16,19-28,41-43H,17-18,29-33H2,1-3H3,(H,50,57)(H,51,54)(H,52,53)(H,55,56). The van der Waals surface area contributed by atoms with Crippen molar-refractivity contribution in [2.24, 2.45) is 0 Å². The lowest BCUT2D eigenvalue weighted by Crippen LogP contribution is -2.49. The van der Waals surface area contributed by atoms with Crippen LogP contribution in [0.25, 0.3) is 11.1 Å². The minimum Gasteiger partial charge on any atom is -0.480 e. The second-order valence-electron chi connectivity index (χ2n) is 15.8. The molecular formula is C49H53N3O7. The molecule has 0 bridgehead atoms. The zero-order valence-corrected chi connectivity index (χ0v) is 33.9. The molecule has 0 heterocycles. The van der Waals surface area contributed by atoms with E-state index < -0.39 is 41.3 Å². The van der Waals surface area contributed by atoms with Crippen LogP contribution in [0.3, 0.4) is 0 Å². The van der Waals surface area contributed by atoms with E-state index in [1.54, 1.807) is 20.8 Å². The van der Waals surface area contributed by atoms with Crippen molar-refractivity contribution in [2.45, 2.75) is 82.1 Å². The Hall–Kier alpha value is -6.26. The van der Waals surface area contributed by atoms with E-state index in [4.69, 9.17) is 9.47 Å². The molecular weight excluding hydrogens is 743 g/mol. The van der Waals surface area contributed by atoms with E-state index in [-0.39, 0.29) is 44.2 Å². The second kappa shape index (κ2) is 19.5. The van der Waals surface area contributed by atoms with E-state index in [1.807, 2.05) is 115 Å². The van der Waals surface area contributed by atoms with Gasteiger partial charge in [-0.15, -0.1) is 0 Å². The number of unbranched alkanes of at least 4 members (excludes halogenated alkanes) is 1. The summed E-state index contributed by atoms with van der Waals surface area (Å²) in [5.74, 6) is -2.28. The molecule has 2 unspecified atom stereocenters. The number of alkyl carbamates (subject to hydrolysis) is 1. The topological polar surface area (TPSA) is 143 Å². The van der Waals surface area contributed by atoms with E-state index in [9.17, 15) is 24.3 Å². The van der Waals surface area contributed by atoms with Crippen molar-refractivity contribution in [3.8, 4) is 11.1 Å². The van der Waals surface area contributed by atoms with Gasteiger partial charge in [0, 0.05) is 18.9 Å². The normalized spacial score (nSPS) is 13.3. The fourth-order valence-electron chi connectivity index (χ4n) is 7.76. The van der Waals surface area contributed by atoms with Crippen molar-refractivity contribution >= 4 is 23.9 Å². The molecule has 59 heavy (non-hydrogen) atoms. The van der Waals surface area contributed by atoms with E-state index in [0.29, 0.717) is 12.8 Å². The Balaban J connectivity index is 1.21. The van der Waals surface area contributed by atoms with Crippen LogP contribution >= 0.6 is 0 Å². The minimum atomic E-state index is -1.21. The molecule has 0 aliphatic heterocycles. The van der Waals surface area contributed by atoms with Crippen LogP contribution < -0.4 is 16.0 Å². The molecule has 5 aromatic rings. The van der Waals surface area contributed by atoms with Crippen LogP contribution in [-0.4, -0.2) is 59.9 Å². The van der Waals surface area contributed by atoms with E-state index in [2.05, 4.69) is 40.2 Å². The quantitative estimate of drug-likeness (QED) is 0.0516. The van der Waals surface area contributed by atoms with Gasteiger partial charge in [-0.25, -0.2) is 9.59 Å². The lowest BCUT2D eigenvalue weighted by molar-refractivity contribution is -0.145. The molecule has 306 valence electrons. The maximum Gasteiger partial charge on any atom is 0.407 e. The van der Waals surface area contributed by atoms with E-state index in [1.165, 1.54) is 0 Å². The average Bonchev–Trinajstić information content (AvgIpc) is 3.55. The molecule has 0 radical (unpaired) electrons. The molecule has 10 heteroatoms. The molecule has 2 atom stereocenters. The largest absolute Gasteiger partial charge is 0.480 e. The number of hydrogen-bond donors (Lipinski definition) is 4. The number of rotatable bonds is 18. The van der Waals surface area contributed by atoms with E-state index in [0.717, 1.165) is 38.9 Å². The predicted octanol–water partition coefficient (Wildman–Crippen LogP) is 8.34. The molecule has 5 aromatic carbocycles. The van der Waals surface area contributed by atoms with Crippen LogP contribution in [0.4, 0.5) is 4.79 Å². The van der Waals surface area contributed by atoms with Crippen LogP contribution in [0.2, 0.25) is 0 Å². The van der Waals surface area contributed by atoms with Crippen molar-refractivity contribution < 1.29 is 33.8 Å². The summed E-state index contributed by atoms with van der Waals surface area (Å²) < 4.78 is 11.8. The average molecular weight is 796 g/mol. The third-order valence-electron chi connectivity index (χ3n) is 10.5. The van der Waals surface area contributed by atoms with Gasteiger partial charge in [0.2, 0.25) is 11.8 Å². The van der Waals surface area contributed by atoms with Gasteiger partial charge in [-0.2, -0.15) is 0 Å². The summed E-state index contributed by atoms with van der Waals surface area (Å²) in [6.07, 6.45) is -0.766. The number of hydrogen-bond acceptors (Lipinski definition) is 6. The predicted molar refractivity (Wildman–Crippen MR) is 228 cm³/mol. The summed E-state index contributed by atoms with van der Waals surface area (Å²) in [7, 11) is 0. The summed E-state index contributed by atoms with van der Waals surface area (Å²) in [6.45, 7) is 5.75. The van der Waals surface area contributed by atoms with Crippen molar-refractivity contribution in [1.82, 2.24) is 16.0 Å². The third-order valence-corrected chi connectivity index (χ3v) is 10.5. The molecule has 0 saturated heterocycles. The first-order valence-electron chi connectivity index (χ1n) is 20.2. The molecule has 1 aliphatic rings. The minimum absolute atomic E-state index is 0.00568. The molecule has 0 fully saturated rings. The molecule has 1 aliphatic carbocycles. The number of carboxylic acid groups (broad SMARTS) is 1. The summed E-state index contributed by atoms with van der Waals surface area (Å²) >= 11 is 0. The second-order valence-corrected chi connectivity index (χ2v) is 15.8. The van der Waals surface area contributed by atoms with E-state index >= 15 is 0 Å². The Morgan fingerprint density at radius 3 is 1.64 bits per heavy atom. The molecule has 3 amide bonds. The maximum atomic E-state index is 14.3. The highest BCUT2D eigenvalue weighted by atomic mass is 16.6. The summed E-state index contributed by atoms with van der Waals surface area (Å²) in [4.78, 5) is 52.9. The maximum absolute atomic E-state index is 14.3. The highest BCUT2D eigenvalue weighted by Crippen LogP contribution is 2.45. The molecule has 10 nitrogen and oxygen atoms in total. The number of carbonyl (C=O) groups excluding carboxylic acids is 3. The van der Waals surface area contributed by atoms with Crippen LogP contribution in [0.15, 0.2) is 140 Å². The fourth-order valence-corrected chi connectivity index (χ4v) is 7.76. The Labute approximate surface area is 346 Å². The number of carbonyl (C=O) groups is 4. The third kappa shape index (κ3) is 10.6. The highest BCUT2D eigenvalue weighted by molar-refractivity contribution is 5.87. The van der Waals surface area contributed by atoms with Gasteiger partial charge in [0.25, 0.3) is 0 Å². The first-order valence-corrected chi connectivity index (χ1v) is 20.2. The van der Waals surface area contributed by atoms with Crippen LogP contribution in [0.1, 0.15) is 86.6 Å². The molecule has 4 N–H and O–H groups in total. The van der Waals surface area contributed by atoms with Crippen LogP contribution in [0.5, 0.6) is 0 Å². The number of fused-ring (bicyclic) bond motifs is 3. The van der Waals surface area contributed by atoms with Gasteiger partial charge in [0.1, 0.15) is 23.3 Å². The molecule has 0 spiro atoms. The van der Waals surface area contributed by atoms with Crippen molar-refractivity contribution in [2.75, 3.05) is 13.2 Å². The Morgan fingerprint density at radius 2 is 1.15 bits per heavy atom. The highest BCUT2D eigenvalue weighted by Gasteiger charge is 2.38. The monoisotopic (exact) mass is 795 g/mol. The number of benzene rings is 5. The number of nitrogens with one attached hydrogen (secondary N) is 3. The zero-order chi connectivity index (χ0) is 41.8. The van der Waals surface area contributed by atoms with Gasteiger partial charge in [-0.3, -0.25) is 9.59 Å². The molecule has 0 aromatic heterocycles.